The molecule has 116 valence electrons. The molecule has 0 radical (unpaired) electrons. The number of nitrogens with one attached hydrogen (secondary N) is 1. The van der Waals surface area contributed by atoms with Crippen LogP contribution in [0.3, 0.4) is 0 Å². The van der Waals surface area contributed by atoms with Crippen LogP contribution in [0.15, 0.2) is 18.2 Å². The minimum Gasteiger partial charge on any atom is -0.495 e. The van der Waals surface area contributed by atoms with E-state index in [0.717, 1.165) is 44.3 Å². The molecule has 0 saturated heterocycles. The molecule has 4 nitrogen and oxygen atoms in total. The maximum Gasteiger partial charge on any atom is 0.306 e. The van der Waals surface area contributed by atoms with Gasteiger partial charge < -0.3 is 15.2 Å². The standard InChI is InChI=1S/C16H22ClNO3/c1-21-15-7-4-12(8-14(15)17)10-18-9-11-2-5-13(6-3-11)16(19)20/h4,7-8,11,13,18H,2-3,5-6,9-10H2,1H3,(H,19,20). The topological polar surface area (TPSA) is 58.6 Å². The monoisotopic (exact) mass is 311 g/mol. The summed E-state index contributed by atoms with van der Waals surface area (Å²) in [5.41, 5.74) is 1.13. The maximum absolute atomic E-state index is 10.9. The van der Waals surface area contributed by atoms with E-state index >= 15 is 0 Å². The summed E-state index contributed by atoms with van der Waals surface area (Å²) in [6, 6.07) is 5.78. The Morgan fingerprint density at radius 3 is 2.67 bits per heavy atom. The summed E-state index contributed by atoms with van der Waals surface area (Å²) in [4.78, 5) is 10.9. The zero-order chi connectivity index (χ0) is 15.2. The normalized spacial score (nSPS) is 22.0. The molecule has 0 aliphatic heterocycles. The van der Waals surface area contributed by atoms with Crippen LogP contribution in [0, 0.1) is 11.8 Å². The van der Waals surface area contributed by atoms with Crippen LogP contribution in [0.25, 0.3) is 0 Å². The van der Waals surface area contributed by atoms with Gasteiger partial charge in [0.15, 0.2) is 0 Å². The number of aliphatic carboxylic acids is 1. The van der Waals surface area contributed by atoms with E-state index in [2.05, 4.69) is 5.32 Å². The molecule has 0 spiro atoms. The lowest BCUT2D eigenvalue weighted by atomic mass is 9.82. The number of hydrogen-bond acceptors (Lipinski definition) is 3. The van der Waals surface area contributed by atoms with Gasteiger partial charge in [-0.2, -0.15) is 0 Å². The third-order valence-corrected chi connectivity index (χ3v) is 4.47. The molecule has 0 unspecified atom stereocenters. The van der Waals surface area contributed by atoms with Crippen molar-refractivity contribution in [2.45, 2.75) is 32.2 Å². The molecule has 0 aromatic heterocycles. The molecule has 1 aliphatic carbocycles. The lowest BCUT2D eigenvalue weighted by Gasteiger charge is -2.26. The summed E-state index contributed by atoms with van der Waals surface area (Å²) in [6.07, 6.45) is 3.59. The first-order valence-corrected chi connectivity index (χ1v) is 7.74. The summed E-state index contributed by atoms with van der Waals surface area (Å²) in [6.45, 7) is 1.69. The highest BCUT2D eigenvalue weighted by molar-refractivity contribution is 6.32. The minimum atomic E-state index is -0.644. The van der Waals surface area contributed by atoms with Crippen molar-refractivity contribution >= 4 is 17.6 Å². The number of carbonyl (C=O) groups is 1. The van der Waals surface area contributed by atoms with Gasteiger partial charge in [-0.25, -0.2) is 0 Å². The summed E-state index contributed by atoms with van der Waals surface area (Å²) in [5, 5.41) is 13.0. The Labute approximate surface area is 130 Å². The number of carboxylic acids is 1. The number of hydrogen-bond donors (Lipinski definition) is 2. The van der Waals surface area contributed by atoms with Crippen molar-refractivity contribution in [3.05, 3.63) is 28.8 Å². The number of methoxy groups -OCH3 is 1. The molecule has 1 fully saturated rings. The van der Waals surface area contributed by atoms with E-state index in [1.54, 1.807) is 7.11 Å². The maximum atomic E-state index is 10.9. The second-order valence-electron chi connectivity index (χ2n) is 5.66. The van der Waals surface area contributed by atoms with E-state index in [1.807, 2.05) is 18.2 Å². The van der Waals surface area contributed by atoms with Crippen LogP contribution in [-0.2, 0) is 11.3 Å². The average Bonchev–Trinajstić information content (AvgIpc) is 2.48. The molecule has 2 rings (SSSR count). The van der Waals surface area contributed by atoms with Crippen molar-refractivity contribution in [3.63, 3.8) is 0 Å². The molecule has 1 saturated carbocycles. The van der Waals surface area contributed by atoms with Gasteiger partial charge in [0.25, 0.3) is 0 Å². The fourth-order valence-corrected chi connectivity index (χ4v) is 3.13. The predicted octanol–water partition coefficient (Wildman–Crippen LogP) is 3.33. The summed E-state index contributed by atoms with van der Waals surface area (Å²) in [7, 11) is 1.60. The second-order valence-corrected chi connectivity index (χ2v) is 6.06. The molecule has 0 atom stereocenters. The minimum absolute atomic E-state index is 0.137. The molecule has 21 heavy (non-hydrogen) atoms. The quantitative estimate of drug-likeness (QED) is 0.846. The van der Waals surface area contributed by atoms with Gasteiger partial charge >= 0.3 is 5.97 Å². The van der Waals surface area contributed by atoms with Crippen molar-refractivity contribution in [3.8, 4) is 5.75 Å². The fraction of sp³-hybridized carbons (Fsp3) is 0.562. The first-order chi connectivity index (χ1) is 10.1. The van der Waals surface area contributed by atoms with E-state index in [1.165, 1.54) is 0 Å². The molecule has 1 aliphatic rings. The lowest BCUT2D eigenvalue weighted by molar-refractivity contribution is -0.143. The number of carboxylic acid groups (broad SMARTS) is 1. The van der Waals surface area contributed by atoms with Crippen LogP contribution in [0.4, 0.5) is 0 Å². The molecule has 2 N–H and O–H groups in total. The van der Waals surface area contributed by atoms with Crippen LogP contribution >= 0.6 is 11.6 Å². The van der Waals surface area contributed by atoms with Crippen molar-refractivity contribution in [1.82, 2.24) is 5.32 Å². The molecular weight excluding hydrogens is 290 g/mol. The van der Waals surface area contributed by atoms with Gasteiger partial charge in [-0.1, -0.05) is 17.7 Å². The number of rotatable bonds is 6. The van der Waals surface area contributed by atoms with E-state index in [0.29, 0.717) is 16.7 Å². The Hall–Kier alpha value is -1.26. The highest BCUT2D eigenvalue weighted by Crippen LogP contribution is 2.28. The van der Waals surface area contributed by atoms with Crippen molar-refractivity contribution in [2.75, 3.05) is 13.7 Å². The Bertz CT molecular complexity index is 484. The third-order valence-electron chi connectivity index (χ3n) is 4.17. The highest BCUT2D eigenvalue weighted by atomic mass is 35.5. The Kier molecular flexibility index (Phi) is 5.88. The SMILES string of the molecule is COc1ccc(CNCC2CCC(C(=O)O)CC2)cc1Cl. The van der Waals surface area contributed by atoms with Gasteiger partial charge in [-0.15, -0.1) is 0 Å². The Balaban J connectivity index is 1.73. The van der Waals surface area contributed by atoms with Gasteiger partial charge in [0.05, 0.1) is 18.1 Å². The van der Waals surface area contributed by atoms with Gasteiger partial charge in [0.1, 0.15) is 5.75 Å². The average molecular weight is 312 g/mol. The van der Waals surface area contributed by atoms with E-state index in [9.17, 15) is 4.79 Å². The Morgan fingerprint density at radius 2 is 2.10 bits per heavy atom. The zero-order valence-electron chi connectivity index (χ0n) is 12.3. The molecular formula is C16H22ClNO3. The van der Waals surface area contributed by atoms with Gasteiger partial charge in [0.2, 0.25) is 0 Å². The zero-order valence-corrected chi connectivity index (χ0v) is 13.0. The lowest BCUT2D eigenvalue weighted by Crippen LogP contribution is -2.28. The molecule has 1 aromatic carbocycles. The number of benzene rings is 1. The van der Waals surface area contributed by atoms with Crippen LogP contribution < -0.4 is 10.1 Å². The van der Waals surface area contributed by atoms with Crippen LogP contribution in [0.1, 0.15) is 31.2 Å². The van der Waals surface area contributed by atoms with Gasteiger partial charge in [0, 0.05) is 6.54 Å². The molecule has 5 heteroatoms. The van der Waals surface area contributed by atoms with Crippen molar-refractivity contribution in [1.29, 1.82) is 0 Å². The number of halogens is 1. The van der Waals surface area contributed by atoms with E-state index in [4.69, 9.17) is 21.4 Å². The van der Waals surface area contributed by atoms with Crippen molar-refractivity contribution < 1.29 is 14.6 Å². The van der Waals surface area contributed by atoms with Crippen LogP contribution in [0.5, 0.6) is 5.75 Å². The Morgan fingerprint density at radius 1 is 1.38 bits per heavy atom. The van der Waals surface area contributed by atoms with Crippen LogP contribution in [0.2, 0.25) is 5.02 Å². The first-order valence-electron chi connectivity index (χ1n) is 7.36. The molecule has 0 heterocycles. The van der Waals surface area contributed by atoms with E-state index < -0.39 is 5.97 Å². The fourth-order valence-electron chi connectivity index (χ4n) is 2.85. The van der Waals surface area contributed by atoms with Gasteiger partial charge in [-0.05, 0) is 55.8 Å². The largest absolute Gasteiger partial charge is 0.495 e. The van der Waals surface area contributed by atoms with Gasteiger partial charge in [-0.3, -0.25) is 4.79 Å². The predicted molar refractivity (Wildman–Crippen MR) is 82.8 cm³/mol. The smallest absolute Gasteiger partial charge is 0.306 e. The van der Waals surface area contributed by atoms with Crippen molar-refractivity contribution in [2.24, 2.45) is 11.8 Å². The number of ether oxygens (including phenoxy) is 1. The summed E-state index contributed by atoms with van der Waals surface area (Å²) < 4.78 is 5.13. The first kappa shape index (κ1) is 16.1. The second kappa shape index (κ2) is 7.66. The highest BCUT2D eigenvalue weighted by Gasteiger charge is 2.25. The molecule has 1 aromatic rings. The molecule has 0 bridgehead atoms. The summed E-state index contributed by atoms with van der Waals surface area (Å²) >= 11 is 6.09. The van der Waals surface area contributed by atoms with Crippen LogP contribution in [-0.4, -0.2) is 24.7 Å². The summed E-state index contributed by atoms with van der Waals surface area (Å²) in [5.74, 6) is 0.484. The third kappa shape index (κ3) is 4.61. The molecule has 0 amide bonds. The van der Waals surface area contributed by atoms with E-state index in [-0.39, 0.29) is 5.92 Å².